The van der Waals surface area contributed by atoms with Crippen molar-refractivity contribution in [2.75, 3.05) is 0 Å². The van der Waals surface area contributed by atoms with E-state index in [1.54, 1.807) is 0 Å². The number of hydrogen-bond acceptors (Lipinski definition) is 1. The van der Waals surface area contributed by atoms with Gasteiger partial charge in [0.25, 0.3) is 0 Å². The van der Waals surface area contributed by atoms with Gasteiger partial charge >= 0.3 is 0 Å². The highest BCUT2D eigenvalue weighted by molar-refractivity contribution is 6.98. The predicted octanol–water partition coefficient (Wildman–Crippen LogP) is 4.79. The van der Waals surface area contributed by atoms with Crippen molar-refractivity contribution in [2.24, 2.45) is 0 Å². The molecule has 0 aromatic heterocycles. The highest BCUT2D eigenvalue weighted by Gasteiger charge is 2.53. The largest absolute Gasteiger partial charge is 0.508 e. The second-order valence-electron chi connectivity index (χ2n) is 7.28. The molecule has 0 bridgehead atoms. The number of para-hydroxylation sites is 1. The summed E-state index contributed by atoms with van der Waals surface area (Å²) in [5.41, 5.74) is 1.20. The Labute approximate surface area is 114 Å². The fourth-order valence-electron chi connectivity index (χ4n) is 4.02. The van der Waals surface area contributed by atoms with Gasteiger partial charge in [0, 0.05) is 0 Å². The zero-order valence-corrected chi connectivity index (χ0v) is 15.0. The molecular formula is C15H28OSi2. The van der Waals surface area contributed by atoms with Gasteiger partial charge in [-0.15, -0.1) is 0 Å². The molecule has 1 aromatic carbocycles. The Balaban J connectivity index is 3.63. The van der Waals surface area contributed by atoms with Gasteiger partial charge in [-0.25, -0.2) is 0 Å². The fraction of sp³-hybridized carbons (Fsp3) is 0.600. The monoisotopic (exact) mass is 280 g/mol. The van der Waals surface area contributed by atoms with E-state index in [0.717, 1.165) is 6.42 Å². The van der Waals surface area contributed by atoms with Crippen LogP contribution < -0.4 is 0 Å². The van der Waals surface area contributed by atoms with Gasteiger partial charge in [-0.05, 0) is 16.3 Å². The number of aromatic hydroxyl groups is 1. The highest BCUT2D eigenvalue weighted by atomic mass is 28.4. The van der Waals surface area contributed by atoms with E-state index >= 15 is 0 Å². The minimum Gasteiger partial charge on any atom is -0.508 e. The Morgan fingerprint density at radius 1 is 0.944 bits per heavy atom. The number of phenols is 1. The smallest absolute Gasteiger partial charge is 0.118 e. The number of rotatable bonds is 4. The van der Waals surface area contributed by atoms with Gasteiger partial charge in [0.1, 0.15) is 5.75 Å². The van der Waals surface area contributed by atoms with Gasteiger partial charge in [0.05, 0.1) is 16.1 Å². The Bertz CT molecular complexity index is 399. The second-order valence-corrected chi connectivity index (χ2v) is 18.5. The summed E-state index contributed by atoms with van der Waals surface area (Å²) in [6, 6.07) is 7.99. The van der Waals surface area contributed by atoms with Crippen LogP contribution in [-0.4, -0.2) is 21.3 Å². The van der Waals surface area contributed by atoms with E-state index < -0.39 is 16.1 Å². The average molecular weight is 281 g/mol. The van der Waals surface area contributed by atoms with Crippen LogP contribution in [0.3, 0.4) is 0 Å². The maximum atomic E-state index is 10.3. The molecule has 0 fully saturated rings. The molecule has 0 amide bonds. The van der Waals surface area contributed by atoms with Gasteiger partial charge in [-0.1, -0.05) is 70.8 Å². The summed E-state index contributed by atoms with van der Waals surface area (Å²) < 4.78 is 0.228. The van der Waals surface area contributed by atoms with E-state index in [0.29, 0.717) is 5.75 Å². The molecular weight excluding hydrogens is 252 g/mol. The first-order valence-electron chi connectivity index (χ1n) is 6.86. The summed E-state index contributed by atoms with van der Waals surface area (Å²) in [4.78, 5) is 0. The van der Waals surface area contributed by atoms with Gasteiger partial charge in [0.2, 0.25) is 0 Å². The average Bonchev–Trinajstić information content (AvgIpc) is 2.18. The topological polar surface area (TPSA) is 20.2 Å². The molecule has 3 heteroatoms. The van der Waals surface area contributed by atoms with Gasteiger partial charge in [-0.2, -0.15) is 0 Å². The lowest BCUT2D eigenvalue weighted by atomic mass is 10.1. The molecule has 0 aliphatic rings. The number of benzene rings is 1. The van der Waals surface area contributed by atoms with E-state index in [-0.39, 0.29) is 4.66 Å². The van der Waals surface area contributed by atoms with Crippen molar-refractivity contribution in [3.05, 3.63) is 29.8 Å². The van der Waals surface area contributed by atoms with Crippen molar-refractivity contribution < 1.29 is 5.11 Å². The molecule has 102 valence electrons. The third kappa shape index (κ3) is 2.30. The van der Waals surface area contributed by atoms with Crippen LogP contribution in [0.15, 0.2) is 24.3 Å². The van der Waals surface area contributed by atoms with Crippen LogP contribution in [0.25, 0.3) is 0 Å². The predicted molar refractivity (Wildman–Crippen MR) is 86.8 cm³/mol. The minimum absolute atomic E-state index is 0.228. The number of phenolic OH excluding ortho intramolecular Hbond substituents is 1. The van der Waals surface area contributed by atoms with Gasteiger partial charge < -0.3 is 5.11 Å². The summed E-state index contributed by atoms with van der Waals surface area (Å²) >= 11 is 0. The Hall–Kier alpha value is -0.546. The first kappa shape index (κ1) is 15.5. The molecule has 1 aromatic rings. The summed E-state index contributed by atoms with van der Waals surface area (Å²) in [6.07, 6.45) is 1.13. The minimum atomic E-state index is -1.44. The molecule has 0 saturated carbocycles. The SMILES string of the molecule is CCC(c1ccccc1O)([Si](C)(C)C)[Si](C)(C)C. The summed E-state index contributed by atoms with van der Waals surface area (Å²) in [5.74, 6) is 0.490. The lowest BCUT2D eigenvalue weighted by Crippen LogP contribution is -2.63. The van der Waals surface area contributed by atoms with Crippen molar-refractivity contribution in [1.29, 1.82) is 0 Å². The molecule has 0 aliphatic heterocycles. The Kier molecular flexibility index (Phi) is 4.18. The molecule has 0 saturated heterocycles. The molecule has 0 aliphatic carbocycles. The van der Waals surface area contributed by atoms with Crippen molar-refractivity contribution >= 4 is 16.1 Å². The maximum absolute atomic E-state index is 10.3. The molecule has 18 heavy (non-hydrogen) atoms. The van der Waals surface area contributed by atoms with Gasteiger partial charge in [0.15, 0.2) is 0 Å². The van der Waals surface area contributed by atoms with Crippen molar-refractivity contribution in [2.45, 2.75) is 57.3 Å². The maximum Gasteiger partial charge on any atom is 0.118 e. The van der Waals surface area contributed by atoms with Crippen molar-refractivity contribution in [3.8, 4) is 5.75 Å². The van der Waals surface area contributed by atoms with Crippen LogP contribution in [0, 0.1) is 0 Å². The van der Waals surface area contributed by atoms with Gasteiger partial charge in [-0.3, -0.25) is 0 Å². The van der Waals surface area contributed by atoms with Crippen LogP contribution >= 0.6 is 0 Å². The molecule has 0 atom stereocenters. The van der Waals surface area contributed by atoms with Crippen LogP contribution in [0.5, 0.6) is 5.75 Å². The van der Waals surface area contributed by atoms with Crippen LogP contribution in [0.2, 0.25) is 39.3 Å². The Morgan fingerprint density at radius 3 is 1.72 bits per heavy atom. The second kappa shape index (κ2) is 4.85. The van der Waals surface area contributed by atoms with Crippen molar-refractivity contribution in [1.82, 2.24) is 0 Å². The zero-order valence-electron chi connectivity index (χ0n) is 13.0. The summed E-state index contributed by atoms with van der Waals surface area (Å²) in [7, 11) is -2.89. The van der Waals surface area contributed by atoms with E-state index in [2.05, 4.69) is 58.3 Å². The standard InChI is InChI=1S/C15H28OSi2/c1-8-15(17(2,3)4,18(5,6)7)13-11-9-10-12-14(13)16/h9-12,16H,8H2,1-7H3. The third-order valence-corrected chi connectivity index (χ3v) is 15.3. The van der Waals surface area contributed by atoms with Crippen LogP contribution in [0.4, 0.5) is 0 Å². The van der Waals surface area contributed by atoms with Crippen LogP contribution in [0.1, 0.15) is 18.9 Å². The molecule has 1 N–H and O–H groups in total. The molecule has 0 heterocycles. The fourth-order valence-corrected chi connectivity index (χ4v) is 17.2. The first-order valence-corrected chi connectivity index (χ1v) is 13.9. The van der Waals surface area contributed by atoms with E-state index in [1.807, 2.05) is 12.1 Å². The zero-order chi connectivity index (χ0) is 14.2. The summed E-state index contributed by atoms with van der Waals surface area (Å²) in [6.45, 7) is 17.0. The quantitative estimate of drug-likeness (QED) is 0.786. The number of hydrogen-bond donors (Lipinski definition) is 1. The van der Waals surface area contributed by atoms with E-state index in [9.17, 15) is 5.11 Å². The molecule has 0 radical (unpaired) electrons. The molecule has 1 rings (SSSR count). The molecule has 0 unspecified atom stereocenters. The summed E-state index contributed by atoms with van der Waals surface area (Å²) in [5, 5.41) is 10.3. The third-order valence-electron chi connectivity index (χ3n) is 4.45. The van der Waals surface area contributed by atoms with Crippen molar-refractivity contribution in [3.63, 3.8) is 0 Å². The molecule has 0 spiro atoms. The normalized spacial score (nSPS) is 13.7. The molecule has 1 nitrogen and oxygen atoms in total. The van der Waals surface area contributed by atoms with E-state index in [1.165, 1.54) is 5.56 Å². The lowest BCUT2D eigenvalue weighted by Gasteiger charge is -2.52. The highest BCUT2D eigenvalue weighted by Crippen LogP contribution is 2.47. The first-order chi connectivity index (χ1) is 8.08. The van der Waals surface area contributed by atoms with Crippen LogP contribution in [-0.2, 0) is 4.66 Å². The Morgan fingerprint density at radius 2 is 1.39 bits per heavy atom. The lowest BCUT2D eigenvalue weighted by molar-refractivity contribution is 0.461. The van der Waals surface area contributed by atoms with E-state index in [4.69, 9.17) is 0 Å².